The van der Waals surface area contributed by atoms with E-state index in [1.807, 2.05) is 0 Å². The van der Waals surface area contributed by atoms with Crippen molar-refractivity contribution in [3.63, 3.8) is 0 Å². The van der Waals surface area contributed by atoms with Crippen molar-refractivity contribution in [3.05, 3.63) is 29.6 Å². The van der Waals surface area contributed by atoms with Crippen molar-refractivity contribution >= 4 is 17.6 Å². The maximum atomic E-state index is 13.3. The zero-order chi connectivity index (χ0) is 15.5. The van der Waals surface area contributed by atoms with Crippen LogP contribution in [-0.2, 0) is 4.74 Å². The monoisotopic (exact) mass is 289 g/mol. The number of alkyl halides is 2. The summed E-state index contributed by atoms with van der Waals surface area (Å²) in [5.41, 5.74) is -1.54. The Kier molecular flexibility index (Phi) is 4.75. The van der Waals surface area contributed by atoms with Crippen LogP contribution in [0.4, 0.5) is 23.7 Å². The van der Waals surface area contributed by atoms with Crippen molar-refractivity contribution in [1.82, 2.24) is 0 Å². The number of carbonyl (C=O) groups is 2. The Morgan fingerprint density at radius 1 is 1.25 bits per heavy atom. The highest BCUT2D eigenvalue weighted by Gasteiger charge is 2.22. The van der Waals surface area contributed by atoms with Crippen LogP contribution < -0.4 is 5.32 Å². The van der Waals surface area contributed by atoms with Crippen LogP contribution in [0.25, 0.3) is 0 Å². The molecule has 1 amide bonds. The number of hydrogen-bond acceptors (Lipinski definition) is 3. The van der Waals surface area contributed by atoms with Crippen LogP contribution in [0.15, 0.2) is 18.2 Å². The van der Waals surface area contributed by atoms with Gasteiger partial charge in [-0.25, -0.2) is 18.0 Å². The quantitative estimate of drug-likeness (QED) is 0.865. The van der Waals surface area contributed by atoms with E-state index in [0.717, 1.165) is 18.2 Å². The third-order valence-corrected chi connectivity index (χ3v) is 2.08. The Bertz CT molecular complexity index is 524. The second kappa shape index (κ2) is 5.94. The third-order valence-electron chi connectivity index (χ3n) is 2.08. The molecule has 1 aromatic carbocycles. The van der Waals surface area contributed by atoms with Gasteiger partial charge in [0.25, 0.3) is 0 Å². The standard InChI is InChI=1S/C13H14F3NO3/c1-13(2,3)20-12(19)17-7-4-5-9(14)8(6-7)10(18)11(15)16/h4-6,11H,1-3H3,(H,17,19). The predicted octanol–water partition coefficient (Wildman–Crippen LogP) is 3.62. The van der Waals surface area contributed by atoms with Gasteiger partial charge in [0.05, 0.1) is 5.56 Å². The number of ether oxygens (including phenoxy) is 1. The average Bonchev–Trinajstić information content (AvgIpc) is 2.28. The van der Waals surface area contributed by atoms with Gasteiger partial charge in [-0.1, -0.05) is 0 Å². The van der Waals surface area contributed by atoms with E-state index in [4.69, 9.17) is 4.74 Å². The number of nitrogens with one attached hydrogen (secondary N) is 1. The number of hydrogen-bond donors (Lipinski definition) is 1. The first-order valence-electron chi connectivity index (χ1n) is 5.72. The van der Waals surface area contributed by atoms with Gasteiger partial charge in [0.15, 0.2) is 0 Å². The Balaban J connectivity index is 2.91. The lowest BCUT2D eigenvalue weighted by molar-refractivity contribution is 0.0634. The summed E-state index contributed by atoms with van der Waals surface area (Å²) in [6, 6.07) is 2.80. The zero-order valence-corrected chi connectivity index (χ0v) is 11.2. The van der Waals surface area contributed by atoms with E-state index in [-0.39, 0.29) is 5.69 Å². The number of rotatable bonds is 3. The van der Waals surface area contributed by atoms with Crippen molar-refractivity contribution in [3.8, 4) is 0 Å². The number of anilines is 1. The molecule has 1 aromatic rings. The molecule has 0 bridgehead atoms. The van der Waals surface area contributed by atoms with Crippen LogP contribution in [0, 0.1) is 5.82 Å². The molecule has 0 aliphatic heterocycles. The first-order chi connectivity index (χ1) is 9.10. The fourth-order valence-electron chi connectivity index (χ4n) is 1.33. The van der Waals surface area contributed by atoms with Crippen LogP contribution in [0.5, 0.6) is 0 Å². The normalized spacial score (nSPS) is 11.3. The van der Waals surface area contributed by atoms with E-state index in [9.17, 15) is 22.8 Å². The minimum atomic E-state index is -3.32. The van der Waals surface area contributed by atoms with E-state index in [1.165, 1.54) is 0 Å². The summed E-state index contributed by atoms with van der Waals surface area (Å²) in [5.74, 6) is -2.72. The van der Waals surface area contributed by atoms with Crippen molar-refractivity contribution in [2.45, 2.75) is 32.8 Å². The Morgan fingerprint density at radius 2 is 1.85 bits per heavy atom. The molecule has 1 N–H and O–H groups in total. The minimum Gasteiger partial charge on any atom is -0.444 e. The highest BCUT2D eigenvalue weighted by atomic mass is 19.3. The molecule has 0 saturated heterocycles. The highest BCUT2D eigenvalue weighted by molar-refractivity contribution is 6.00. The molecular weight excluding hydrogens is 275 g/mol. The van der Waals surface area contributed by atoms with Gasteiger partial charge in [-0.2, -0.15) is 0 Å². The molecule has 0 saturated carbocycles. The lowest BCUT2D eigenvalue weighted by Crippen LogP contribution is -2.27. The molecule has 7 heteroatoms. The minimum absolute atomic E-state index is 0.00958. The molecule has 1 rings (SSSR count). The first kappa shape index (κ1) is 16.0. The third kappa shape index (κ3) is 4.56. The van der Waals surface area contributed by atoms with Crippen molar-refractivity contribution < 1.29 is 27.5 Å². The van der Waals surface area contributed by atoms with Crippen LogP contribution in [0.1, 0.15) is 31.1 Å². The molecule has 110 valence electrons. The van der Waals surface area contributed by atoms with Crippen LogP contribution in [0.3, 0.4) is 0 Å². The molecule has 0 fully saturated rings. The number of benzene rings is 1. The van der Waals surface area contributed by atoms with Crippen LogP contribution in [0.2, 0.25) is 0 Å². The van der Waals surface area contributed by atoms with Gasteiger partial charge in [-0.15, -0.1) is 0 Å². The fraction of sp³-hybridized carbons (Fsp3) is 0.385. The molecule has 0 spiro atoms. The maximum absolute atomic E-state index is 13.3. The summed E-state index contributed by atoms with van der Waals surface area (Å²) in [4.78, 5) is 22.6. The molecule has 0 atom stereocenters. The summed E-state index contributed by atoms with van der Waals surface area (Å²) in [7, 11) is 0. The number of ketones is 1. The Morgan fingerprint density at radius 3 is 2.35 bits per heavy atom. The van der Waals surface area contributed by atoms with Crippen molar-refractivity contribution in [2.24, 2.45) is 0 Å². The van der Waals surface area contributed by atoms with E-state index >= 15 is 0 Å². The van der Waals surface area contributed by atoms with Gasteiger partial charge in [-0.3, -0.25) is 10.1 Å². The second-order valence-corrected chi connectivity index (χ2v) is 4.99. The summed E-state index contributed by atoms with van der Waals surface area (Å²) in [6.45, 7) is 4.93. The van der Waals surface area contributed by atoms with Gasteiger partial charge in [-0.05, 0) is 39.0 Å². The first-order valence-corrected chi connectivity index (χ1v) is 5.72. The molecule has 4 nitrogen and oxygen atoms in total. The summed E-state index contributed by atoms with van der Waals surface area (Å²) in [5, 5.41) is 2.23. The second-order valence-electron chi connectivity index (χ2n) is 4.99. The van der Waals surface area contributed by atoms with E-state index in [1.54, 1.807) is 20.8 Å². The molecule has 20 heavy (non-hydrogen) atoms. The largest absolute Gasteiger partial charge is 0.444 e. The molecule has 0 radical (unpaired) electrons. The predicted molar refractivity (Wildman–Crippen MR) is 66.6 cm³/mol. The Labute approximate surface area is 113 Å². The van der Waals surface area contributed by atoms with Gasteiger partial charge in [0.1, 0.15) is 11.4 Å². The van der Waals surface area contributed by atoms with Crippen LogP contribution in [-0.4, -0.2) is 23.9 Å². The van der Waals surface area contributed by atoms with Gasteiger partial charge >= 0.3 is 12.5 Å². The number of amides is 1. The lowest BCUT2D eigenvalue weighted by atomic mass is 10.1. The van der Waals surface area contributed by atoms with Crippen molar-refractivity contribution in [1.29, 1.82) is 0 Å². The van der Waals surface area contributed by atoms with E-state index < -0.39 is 35.3 Å². The van der Waals surface area contributed by atoms with E-state index in [2.05, 4.69) is 5.32 Å². The van der Waals surface area contributed by atoms with Gasteiger partial charge in [0, 0.05) is 5.69 Å². The Hall–Kier alpha value is -2.05. The topological polar surface area (TPSA) is 55.4 Å². The molecular formula is C13H14F3NO3. The smallest absolute Gasteiger partial charge is 0.412 e. The van der Waals surface area contributed by atoms with Gasteiger partial charge in [0.2, 0.25) is 5.78 Å². The number of carbonyl (C=O) groups excluding carboxylic acids is 2. The summed E-state index contributed by atoms with van der Waals surface area (Å²) >= 11 is 0. The maximum Gasteiger partial charge on any atom is 0.412 e. The SMILES string of the molecule is CC(C)(C)OC(=O)Nc1ccc(F)c(C(=O)C(F)F)c1. The van der Waals surface area contributed by atoms with Gasteiger partial charge < -0.3 is 4.74 Å². The summed E-state index contributed by atoms with van der Waals surface area (Å²) in [6.07, 6.45) is -4.15. The number of halogens is 3. The molecule has 0 aliphatic carbocycles. The zero-order valence-electron chi connectivity index (χ0n) is 11.2. The number of Topliss-reactive ketones (excluding diaryl/α,β-unsaturated/α-hetero) is 1. The van der Waals surface area contributed by atoms with E-state index in [0.29, 0.717) is 0 Å². The average molecular weight is 289 g/mol. The molecule has 0 aliphatic rings. The molecule has 0 heterocycles. The van der Waals surface area contributed by atoms with Crippen molar-refractivity contribution in [2.75, 3.05) is 5.32 Å². The molecule has 0 aromatic heterocycles. The highest BCUT2D eigenvalue weighted by Crippen LogP contribution is 2.19. The lowest BCUT2D eigenvalue weighted by Gasteiger charge is -2.19. The molecule has 0 unspecified atom stereocenters. The van der Waals surface area contributed by atoms with Crippen LogP contribution >= 0.6 is 0 Å². The fourth-order valence-corrected chi connectivity index (χ4v) is 1.33. The summed E-state index contributed by atoms with van der Waals surface area (Å²) < 4.78 is 42.8.